The molecular weight excluding hydrogens is 306 g/mol. The van der Waals surface area contributed by atoms with Crippen molar-refractivity contribution in [3.8, 4) is 5.75 Å². The SMILES string of the molecule is COc1ccc(Cl)cc1C(=O)N1CCC[C@H](CC(=O)O)CC1. The number of hydrogen-bond acceptors (Lipinski definition) is 3. The van der Waals surface area contributed by atoms with E-state index in [-0.39, 0.29) is 18.2 Å². The number of amides is 1. The fraction of sp³-hybridized carbons (Fsp3) is 0.500. The van der Waals surface area contributed by atoms with Gasteiger partial charge in [-0.2, -0.15) is 0 Å². The van der Waals surface area contributed by atoms with E-state index in [1.165, 1.54) is 7.11 Å². The summed E-state index contributed by atoms with van der Waals surface area (Å²) in [4.78, 5) is 25.3. The molecular formula is C16H20ClNO4. The molecule has 6 heteroatoms. The third-order valence-electron chi connectivity index (χ3n) is 3.99. The average Bonchev–Trinajstić information content (AvgIpc) is 2.71. The first-order chi connectivity index (χ1) is 10.5. The second kappa shape index (κ2) is 7.49. The van der Waals surface area contributed by atoms with Gasteiger partial charge in [-0.15, -0.1) is 0 Å². The van der Waals surface area contributed by atoms with Crippen molar-refractivity contribution in [2.24, 2.45) is 5.92 Å². The van der Waals surface area contributed by atoms with Crippen LogP contribution < -0.4 is 4.74 Å². The second-order valence-corrected chi connectivity index (χ2v) is 5.97. The van der Waals surface area contributed by atoms with Gasteiger partial charge in [0.2, 0.25) is 0 Å². The number of ether oxygens (including phenoxy) is 1. The molecule has 1 aliphatic rings. The Morgan fingerprint density at radius 2 is 2.14 bits per heavy atom. The quantitative estimate of drug-likeness (QED) is 0.923. The van der Waals surface area contributed by atoms with E-state index >= 15 is 0 Å². The molecule has 2 rings (SSSR count). The maximum absolute atomic E-state index is 12.7. The van der Waals surface area contributed by atoms with Gasteiger partial charge < -0.3 is 14.7 Å². The van der Waals surface area contributed by atoms with E-state index in [1.807, 2.05) is 0 Å². The van der Waals surface area contributed by atoms with Gasteiger partial charge in [0.05, 0.1) is 12.7 Å². The molecule has 1 N–H and O–H groups in total. The lowest BCUT2D eigenvalue weighted by Gasteiger charge is -2.22. The number of methoxy groups -OCH3 is 1. The Balaban J connectivity index is 2.10. The van der Waals surface area contributed by atoms with E-state index in [0.717, 1.165) is 12.8 Å². The van der Waals surface area contributed by atoms with Crippen molar-refractivity contribution >= 4 is 23.5 Å². The average molecular weight is 326 g/mol. The number of carbonyl (C=O) groups excluding carboxylic acids is 1. The van der Waals surface area contributed by atoms with Crippen LogP contribution >= 0.6 is 11.6 Å². The zero-order valence-electron chi connectivity index (χ0n) is 12.5. The third kappa shape index (κ3) is 4.13. The van der Waals surface area contributed by atoms with Crippen LogP contribution in [0, 0.1) is 5.92 Å². The van der Waals surface area contributed by atoms with E-state index in [0.29, 0.717) is 35.8 Å². The molecule has 1 aromatic rings. The summed E-state index contributed by atoms with van der Waals surface area (Å²) in [7, 11) is 1.52. The molecule has 0 radical (unpaired) electrons. The van der Waals surface area contributed by atoms with E-state index in [2.05, 4.69) is 0 Å². The van der Waals surface area contributed by atoms with Crippen LogP contribution in [0.15, 0.2) is 18.2 Å². The minimum Gasteiger partial charge on any atom is -0.496 e. The van der Waals surface area contributed by atoms with Gasteiger partial charge in [0.1, 0.15) is 5.75 Å². The van der Waals surface area contributed by atoms with Crippen LogP contribution in [0.25, 0.3) is 0 Å². The van der Waals surface area contributed by atoms with Crippen LogP contribution in [-0.4, -0.2) is 42.1 Å². The first-order valence-corrected chi connectivity index (χ1v) is 7.73. The molecule has 1 amide bonds. The van der Waals surface area contributed by atoms with E-state index < -0.39 is 5.97 Å². The van der Waals surface area contributed by atoms with Crippen molar-refractivity contribution in [1.82, 2.24) is 4.90 Å². The number of likely N-dealkylation sites (tertiary alicyclic amines) is 1. The summed E-state index contributed by atoms with van der Waals surface area (Å²) in [5, 5.41) is 9.39. The Morgan fingerprint density at radius 1 is 1.36 bits per heavy atom. The molecule has 0 unspecified atom stereocenters. The highest BCUT2D eigenvalue weighted by Crippen LogP contribution is 2.26. The minimum absolute atomic E-state index is 0.115. The number of carboxylic acid groups (broad SMARTS) is 1. The molecule has 0 spiro atoms. The van der Waals surface area contributed by atoms with E-state index in [4.69, 9.17) is 21.4 Å². The maximum Gasteiger partial charge on any atom is 0.303 e. The van der Waals surface area contributed by atoms with Crippen molar-refractivity contribution in [2.45, 2.75) is 25.7 Å². The highest BCUT2D eigenvalue weighted by Gasteiger charge is 2.24. The fourth-order valence-corrected chi connectivity index (χ4v) is 3.01. The summed E-state index contributed by atoms with van der Waals surface area (Å²) in [6.07, 6.45) is 2.53. The van der Waals surface area contributed by atoms with Gasteiger partial charge in [-0.1, -0.05) is 11.6 Å². The molecule has 1 heterocycles. The molecule has 1 aliphatic heterocycles. The second-order valence-electron chi connectivity index (χ2n) is 5.53. The minimum atomic E-state index is -0.777. The molecule has 0 aromatic heterocycles. The molecule has 0 saturated carbocycles. The summed E-state index contributed by atoms with van der Waals surface area (Å²) in [5.41, 5.74) is 0.451. The number of carboxylic acids is 1. The van der Waals surface area contributed by atoms with Crippen molar-refractivity contribution in [2.75, 3.05) is 20.2 Å². The zero-order chi connectivity index (χ0) is 16.1. The summed E-state index contributed by atoms with van der Waals surface area (Å²) in [6.45, 7) is 1.19. The molecule has 120 valence electrons. The Hall–Kier alpha value is -1.75. The number of aliphatic carboxylic acids is 1. The molecule has 22 heavy (non-hydrogen) atoms. The lowest BCUT2D eigenvalue weighted by Crippen LogP contribution is -2.32. The monoisotopic (exact) mass is 325 g/mol. The molecule has 0 bridgehead atoms. The van der Waals surface area contributed by atoms with Crippen molar-refractivity contribution in [3.63, 3.8) is 0 Å². The maximum atomic E-state index is 12.7. The highest BCUT2D eigenvalue weighted by molar-refractivity contribution is 6.31. The number of hydrogen-bond donors (Lipinski definition) is 1. The van der Waals surface area contributed by atoms with Crippen molar-refractivity contribution in [1.29, 1.82) is 0 Å². The molecule has 1 fully saturated rings. The topological polar surface area (TPSA) is 66.8 Å². The predicted octanol–water partition coefficient (Wildman–Crippen LogP) is 3.07. The fourth-order valence-electron chi connectivity index (χ4n) is 2.84. The van der Waals surface area contributed by atoms with Gasteiger partial charge in [0.25, 0.3) is 5.91 Å². The van der Waals surface area contributed by atoms with Gasteiger partial charge in [-0.25, -0.2) is 0 Å². The van der Waals surface area contributed by atoms with Gasteiger partial charge >= 0.3 is 5.97 Å². The largest absolute Gasteiger partial charge is 0.496 e. The standard InChI is InChI=1S/C16H20ClNO4/c1-22-14-5-4-12(17)10-13(14)16(21)18-7-2-3-11(6-8-18)9-15(19)20/h4-5,10-11H,2-3,6-9H2,1H3,(H,19,20)/t11-/m0/s1. The lowest BCUT2D eigenvalue weighted by molar-refractivity contribution is -0.138. The van der Waals surface area contributed by atoms with Crippen LogP contribution in [0.2, 0.25) is 5.02 Å². The van der Waals surface area contributed by atoms with Crippen LogP contribution in [0.5, 0.6) is 5.75 Å². The van der Waals surface area contributed by atoms with Crippen LogP contribution in [0.4, 0.5) is 0 Å². The van der Waals surface area contributed by atoms with Gasteiger partial charge in [-0.3, -0.25) is 9.59 Å². The highest BCUT2D eigenvalue weighted by atomic mass is 35.5. The van der Waals surface area contributed by atoms with Crippen LogP contribution in [-0.2, 0) is 4.79 Å². The normalized spacial score (nSPS) is 18.6. The molecule has 1 aromatic carbocycles. The number of nitrogens with zero attached hydrogens (tertiary/aromatic N) is 1. The summed E-state index contributed by atoms with van der Waals surface area (Å²) < 4.78 is 5.23. The summed E-state index contributed by atoms with van der Waals surface area (Å²) in [5.74, 6) is -0.256. The Morgan fingerprint density at radius 3 is 2.82 bits per heavy atom. The van der Waals surface area contributed by atoms with Gasteiger partial charge in [0, 0.05) is 24.5 Å². The number of carbonyl (C=O) groups is 2. The first kappa shape index (κ1) is 16.6. The van der Waals surface area contributed by atoms with Crippen LogP contribution in [0.1, 0.15) is 36.0 Å². The van der Waals surface area contributed by atoms with Gasteiger partial charge in [-0.05, 0) is 43.4 Å². The number of halogens is 1. The Labute approximate surface area is 134 Å². The molecule has 0 aliphatic carbocycles. The van der Waals surface area contributed by atoms with Crippen molar-refractivity contribution < 1.29 is 19.4 Å². The molecule has 1 saturated heterocycles. The predicted molar refractivity (Wildman–Crippen MR) is 83.5 cm³/mol. The number of rotatable bonds is 4. The number of benzene rings is 1. The summed E-state index contributed by atoms with van der Waals surface area (Å²) in [6, 6.07) is 4.98. The first-order valence-electron chi connectivity index (χ1n) is 7.36. The third-order valence-corrected chi connectivity index (χ3v) is 4.23. The smallest absolute Gasteiger partial charge is 0.303 e. The Kier molecular flexibility index (Phi) is 5.66. The molecule has 5 nitrogen and oxygen atoms in total. The zero-order valence-corrected chi connectivity index (χ0v) is 13.3. The van der Waals surface area contributed by atoms with Crippen molar-refractivity contribution in [3.05, 3.63) is 28.8 Å². The lowest BCUT2D eigenvalue weighted by atomic mass is 9.97. The van der Waals surface area contributed by atoms with E-state index in [1.54, 1.807) is 23.1 Å². The van der Waals surface area contributed by atoms with Crippen LogP contribution in [0.3, 0.4) is 0 Å². The summed E-state index contributed by atoms with van der Waals surface area (Å²) >= 11 is 5.98. The van der Waals surface area contributed by atoms with Gasteiger partial charge in [0.15, 0.2) is 0 Å². The Bertz CT molecular complexity index is 561. The molecule has 1 atom stereocenters. The van der Waals surface area contributed by atoms with E-state index in [9.17, 15) is 9.59 Å².